The van der Waals surface area contributed by atoms with Gasteiger partial charge in [0.05, 0.1) is 12.7 Å². The van der Waals surface area contributed by atoms with Crippen LogP contribution in [0.2, 0.25) is 0 Å². The molecule has 160 valence electrons. The minimum Gasteiger partial charge on any atom is -0.405 e. The van der Waals surface area contributed by atoms with E-state index in [1.807, 2.05) is 0 Å². The van der Waals surface area contributed by atoms with Crippen LogP contribution in [0.15, 0.2) is 29.2 Å². The molecule has 1 aromatic carbocycles. The van der Waals surface area contributed by atoms with Crippen molar-refractivity contribution in [2.75, 3.05) is 25.0 Å². The molecule has 0 spiro atoms. The number of ether oxygens (including phenoxy) is 1. The molecule has 1 atom stereocenters. The van der Waals surface area contributed by atoms with Crippen LogP contribution in [0.4, 0.5) is 19.1 Å². The van der Waals surface area contributed by atoms with Gasteiger partial charge in [-0.05, 0) is 38.4 Å². The lowest BCUT2D eigenvalue weighted by atomic mass is 10.1. The molecule has 3 heterocycles. The summed E-state index contributed by atoms with van der Waals surface area (Å²) in [6.07, 6.45) is -2.29. The van der Waals surface area contributed by atoms with Gasteiger partial charge in [0.15, 0.2) is 5.65 Å². The van der Waals surface area contributed by atoms with Crippen molar-refractivity contribution >= 4 is 17.1 Å². The Bertz CT molecular complexity index is 1100. The maximum absolute atomic E-state index is 12.8. The van der Waals surface area contributed by atoms with Gasteiger partial charge in [0.25, 0.3) is 0 Å². The predicted octanol–water partition coefficient (Wildman–Crippen LogP) is 2.40. The Labute approximate surface area is 169 Å². The van der Waals surface area contributed by atoms with Crippen molar-refractivity contribution in [1.82, 2.24) is 24.8 Å². The van der Waals surface area contributed by atoms with Crippen LogP contribution in [0.5, 0.6) is 5.75 Å². The summed E-state index contributed by atoms with van der Waals surface area (Å²) in [7, 11) is 0. The second-order valence-electron chi connectivity index (χ2n) is 7.35. The summed E-state index contributed by atoms with van der Waals surface area (Å²) in [5.74, 6) is 0.473. The van der Waals surface area contributed by atoms with Crippen LogP contribution < -0.4 is 21.1 Å². The minimum atomic E-state index is -4.83. The largest absolute Gasteiger partial charge is 0.573 e. The number of rotatable bonds is 6. The van der Waals surface area contributed by atoms with E-state index in [4.69, 9.17) is 0 Å². The van der Waals surface area contributed by atoms with Gasteiger partial charge in [-0.15, -0.1) is 13.2 Å². The highest BCUT2D eigenvalue weighted by Gasteiger charge is 2.32. The highest BCUT2D eigenvalue weighted by Crippen LogP contribution is 2.28. The smallest absolute Gasteiger partial charge is 0.405 e. The molecule has 30 heavy (non-hydrogen) atoms. The van der Waals surface area contributed by atoms with Gasteiger partial charge in [0.2, 0.25) is 5.95 Å². The molecule has 1 saturated heterocycles. The monoisotopic (exact) mass is 422 g/mol. The van der Waals surface area contributed by atoms with E-state index in [9.17, 15) is 18.0 Å². The number of anilines is 1. The third-order valence-electron chi connectivity index (χ3n) is 4.99. The van der Waals surface area contributed by atoms with Gasteiger partial charge in [-0.1, -0.05) is 17.7 Å². The van der Waals surface area contributed by atoms with Crippen molar-refractivity contribution in [2.45, 2.75) is 26.3 Å². The van der Waals surface area contributed by atoms with Crippen molar-refractivity contribution in [3.8, 4) is 5.75 Å². The van der Waals surface area contributed by atoms with E-state index in [2.05, 4.69) is 30.3 Å². The molecule has 0 bridgehead atoms. The van der Waals surface area contributed by atoms with Crippen molar-refractivity contribution < 1.29 is 17.9 Å². The molecule has 3 N–H and O–H groups in total. The van der Waals surface area contributed by atoms with Crippen LogP contribution in [-0.2, 0) is 6.54 Å². The topological polar surface area (TPSA) is 96.9 Å². The zero-order chi connectivity index (χ0) is 21.3. The van der Waals surface area contributed by atoms with E-state index >= 15 is 0 Å². The summed E-state index contributed by atoms with van der Waals surface area (Å²) in [5, 5.41) is 6.45. The highest BCUT2D eigenvalue weighted by molar-refractivity contribution is 5.71. The maximum Gasteiger partial charge on any atom is 0.573 e. The summed E-state index contributed by atoms with van der Waals surface area (Å²) < 4.78 is 43.7. The molecule has 0 amide bonds. The van der Waals surface area contributed by atoms with E-state index in [1.54, 1.807) is 13.0 Å². The van der Waals surface area contributed by atoms with Crippen LogP contribution in [-0.4, -0.2) is 45.5 Å². The highest BCUT2D eigenvalue weighted by atomic mass is 19.4. The molecule has 2 aromatic heterocycles. The molecule has 0 radical (unpaired) electrons. The average molecular weight is 422 g/mol. The number of nitrogens with one attached hydrogen (secondary N) is 3. The lowest BCUT2D eigenvalue weighted by Gasteiger charge is -2.14. The molecule has 1 fully saturated rings. The molecule has 1 aliphatic rings. The Hall–Kier alpha value is -3.08. The van der Waals surface area contributed by atoms with E-state index in [0.29, 0.717) is 29.6 Å². The first kappa shape index (κ1) is 20.2. The number of alkyl halides is 3. The van der Waals surface area contributed by atoms with Crippen LogP contribution in [0.1, 0.15) is 17.5 Å². The number of imidazole rings is 1. The lowest BCUT2D eigenvalue weighted by molar-refractivity contribution is -0.274. The molecular formula is C19H21F3N6O2. The summed E-state index contributed by atoms with van der Waals surface area (Å²) in [5.41, 5.74) is 1.19. The first-order valence-electron chi connectivity index (χ1n) is 9.54. The molecule has 8 nitrogen and oxygen atoms in total. The molecular weight excluding hydrogens is 401 g/mol. The van der Waals surface area contributed by atoms with Crippen molar-refractivity contribution in [2.24, 2.45) is 5.92 Å². The second-order valence-corrected chi connectivity index (χ2v) is 7.35. The van der Waals surface area contributed by atoms with Gasteiger partial charge in [-0.25, -0.2) is 9.78 Å². The number of nitrogens with zero attached hydrogens (tertiary/aromatic N) is 3. The van der Waals surface area contributed by atoms with Gasteiger partial charge >= 0.3 is 12.1 Å². The summed E-state index contributed by atoms with van der Waals surface area (Å²) in [6, 6.07) is 4.32. The van der Waals surface area contributed by atoms with Gasteiger partial charge in [0.1, 0.15) is 11.3 Å². The first-order valence-corrected chi connectivity index (χ1v) is 9.54. The molecule has 3 aromatic rings. The fraction of sp³-hybridized carbons (Fsp3) is 0.421. The first-order chi connectivity index (χ1) is 14.3. The Kier molecular flexibility index (Phi) is 5.37. The number of halogens is 3. The van der Waals surface area contributed by atoms with Gasteiger partial charge in [-0.2, -0.15) is 4.98 Å². The quantitative estimate of drug-likeness (QED) is 0.565. The van der Waals surface area contributed by atoms with E-state index in [0.717, 1.165) is 25.1 Å². The van der Waals surface area contributed by atoms with Crippen molar-refractivity contribution in [1.29, 1.82) is 0 Å². The van der Waals surface area contributed by atoms with E-state index in [-0.39, 0.29) is 17.9 Å². The van der Waals surface area contributed by atoms with Crippen LogP contribution in [0.25, 0.3) is 11.2 Å². The predicted molar refractivity (Wildman–Crippen MR) is 105 cm³/mol. The number of hydrogen-bond acceptors (Lipinski definition) is 6. The Morgan fingerprint density at radius 2 is 2.20 bits per heavy atom. The number of benzene rings is 1. The Balaban J connectivity index is 1.64. The van der Waals surface area contributed by atoms with Crippen molar-refractivity contribution in [3.05, 3.63) is 46.0 Å². The second kappa shape index (κ2) is 7.98. The third-order valence-corrected chi connectivity index (χ3v) is 4.99. The molecule has 0 aliphatic carbocycles. The SMILES string of the molecule is Cc1ccc(OC(F)(F)F)c(Cn2c(=O)[nH]c3cnc(NC[C@@H]4CCNC4)nc32)c1. The Morgan fingerprint density at radius 1 is 1.37 bits per heavy atom. The molecule has 1 aliphatic heterocycles. The number of aryl methyl sites for hydroxylation is 1. The summed E-state index contributed by atoms with van der Waals surface area (Å²) in [4.78, 5) is 23.7. The van der Waals surface area contributed by atoms with E-state index < -0.39 is 12.1 Å². The third kappa shape index (κ3) is 4.56. The van der Waals surface area contributed by atoms with E-state index in [1.165, 1.54) is 22.9 Å². The number of aromatic nitrogens is 4. The maximum atomic E-state index is 12.8. The average Bonchev–Trinajstić information content (AvgIpc) is 3.29. The fourth-order valence-corrected chi connectivity index (χ4v) is 3.53. The van der Waals surface area contributed by atoms with Crippen LogP contribution >= 0.6 is 0 Å². The fourth-order valence-electron chi connectivity index (χ4n) is 3.53. The van der Waals surface area contributed by atoms with Crippen LogP contribution in [0.3, 0.4) is 0 Å². The number of fused-ring (bicyclic) bond motifs is 1. The standard InChI is InChI=1S/C19H21F3N6O2/c1-11-2-3-15(30-19(20,21)22)13(6-11)10-28-16-14(26-18(28)29)9-25-17(27-16)24-8-12-4-5-23-7-12/h2-3,6,9,12,23H,4-5,7-8,10H2,1H3,(H,26,29)(H,24,25,27)/t12-/m1/s1. The van der Waals surface area contributed by atoms with Crippen LogP contribution in [0, 0.1) is 12.8 Å². The van der Waals surface area contributed by atoms with Crippen molar-refractivity contribution in [3.63, 3.8) is 0 Å². The molecule has 11 heteroatoms. The zero-order valence-corrected chi connectivity index (χ0v) is 16.2. The normalized spacial score (nSPS) is 16.9. The minimum absolute atomic E-state index is 0.130. The summed E-state index contributed by atoms with van der Waals surface area (Å²) >= 11 is 0. The summed E-state index contributed by atoms with van der Waals surface area (Å²) in [6.45, 7) is 4.20. The Morgan fingerprint density at radius 3 is 2.93 bits per heavy atom. The number of hydrogen-bond donors (Lipinski definition) is 3. The zero-order valence-electron chi connectivity index (χ0n) is 16.2. The lowest BCUT2D eigenvalue weighted by Crippen LogP contribution is -2.21. The molecule has 0 saturated carbocycles. The van der Waals surface area contributed by atoms with Gasteiger partial charge in [0, 0.05) is 12.1 Å². The molecule has 0 unspecified atom stereocenters. The molecule has 4 rings (SSSR count). The van der Waals surface area contributed by atoms with Gasteiger partial charge in [-0.3, -0.25) is 4.57 Å². The van der Waals surface area contributed by atoms with Gasteiger partial charge < -0.3 is 20.4 Å². The number of aromatic amines is 1. The number of H-pyrrole nitrogens is 1.